The van der Waals surface area contributed by atoms with Gasteiger partial charge in [-0.1, -0.05) is 53.9 Å². The van der Waals surface area contributed by atoms with Gasteiger partial charge in [0.15, 0.2) is 0 Å². The molecule has 0 radical (unpaired) electrons. The third kappa shape index (κ3) is 6.26. The zero-order valence-corrected chi connectivity index (χ0v) is 23.6. The molecule has 3 fully saturated rings. The average molecular weight is 520 g/mol. The quantitative estimate of drug-likeness (QED) is 0.360. The molecular weight excluding hydrogens is 474 g/mol. The summed E-state index contributed by atoms with van der Waals surface area (Å²) in [6, 6.07) is -3.13. The third-order valence-electron chi connectivity index (χ3n) is 8.31. The topological polar surface area (TPSA) is 151 Å². The maximum absolute atomic E-state index is 13.9. The molecule has 2 aliphatic carbocycles. The Morgan fingerprint density at radius 3 is 2.05 bits per heavy atom. The molecule has 0 aromatic heterocycles. The number of hydrogen-bond donors (Lipinski definition) is 4. The van der Waals surface area contributed by atoms with Crippen LogP contribution in [0, 0.1) is 28.6 Å². The number of Topliss-reactive ketones (excluding diaryl/α,β-unsaturated/α-hetero) is 1. The average Bonchev–Trinajstić information content (AvgIpc) is 3.06. The van der Waals surface area contributed by atoms with Crippen LogP contribution in [-0.4, -0.2) is 64.6 Å². The number of rotatable bonds is 8. The van der Waals surface area contributed by atoms with Crippen LogP contribution < -0.4 is 21.7 Å². The number of ketones is 1. The molecule has 2 saturated carbocycles. The number of nitrogens with two attached hydrogens (primary N) is 1. The number of likely N-dealkylation sites (tertiary alicyclic amines) is 1. The third-order valence-corrected chi connectivity index (χ3v) is 8.31. The van der Waals surface area contributed by atoms with Crippen LogP contribution in [-0.2, 0) is 19.2 Å². The normalized spacial score (nSPS) is 26.3. The van der Waals surface area contributed by atoms with E-state index < -0.39 is 52.7 Å². The van der Waals surface area contributed by atoms with Gasteiger partial charge in [0, 0.05) is 12.1 Å². The summed E-state index contributed by atoms with van der Waals surface area (Å²) in [5.74, 6) is -2.35. The summed E-state index contributed by atoms with van der Waals surface area (Å²) in [4.78, 5) is 66.1. The Morgan fingerprint density at radius 2 is 1.59 bits per heavy atom. The van der Waals surface area contributed by atoms with E-state index in [0.29, 0.717) is 13.0 Å². The summed E-state index contributed by atoms with van der Waals surface area (Å²) in [6.45, 7) is 15.7. The molecule has 3 rings (SSSR count). The highest BCUT2D eigenvalue weighted by Gasteiger charge is 2.70. The highest BCUT2D eigenvalue weighted by Crippen LogP contribution is 2.65. The molecule has 5 atom stereocenters. The number of primary amides is 1. The minimum atomic E-state index is -1.07. The fraction of sp³-hybridized carbons (Fsp3) is 0.815. The summed E-state index contributed by atoms with van der Waals surface area (Å²) >= 11 is 0. The second-order valence-electron chi connectivity index (χ2n) is 13.9. The molecule has 10 heteroatoms. The molecule has 0 aromatic rings. The molecule has 5 amide bonds. The van der Waals surface area contributed by atoms with E-state index in [1.54, 1.807) is 4.90 Å². The van der Waals surface area contributed by atoms with Gasteiger partial charge in [-0.2, -0.15) is 0 Å². The first-order valence-electron chi connectivity index (χ1n) is 13.4. The summed E-state index contributed by atoms with van der Waals surface area (Å²) < 4.78 is 0. The predicted molar refractivity (Wildman–Crippen MR) is 139 cm³/mol. The van der Waals surface area contributed by atoms with E-state index >= 15 is 0 Å². The van der Waals surface area contributed by atoms with Gasteiger partial charge in [0.2, 0.25) is 17.6 Å². The highest BCUT2D eigenvalue weighted by molar-refractivity contribution is 6.37. The van der Waals surface area contributed by atoms with E-state index in [4.69, 9.17) is 5.73 Å². The van der Waals surface area contributed by atoms with Crippen molar-refractivity contribution in [1.29, 1.82) is 0 Å². The number of piperidine rings is 1. The number of carbonyl (C=O) groups excluding carboxylic acids is 5. The highest BCUT2D eigenvalue weighted by atomic mass is 16.2. The van der Waals surface area contributed by atoms with E-state index in [9.17, 15) is 24.0 Å². The Balaban J connectivity index is 1.83. The van der Waals surface area contributed by atoms with Crippen molar-refractivity contribution < 1.29 is 24.0 Å². The van der Waals surface area contributed by atoms with E-state index in [1.807, 2.05) is 41.5 Å². The van der Waals surface area contributed by atoms with Crippen molar-refractivity contribution in [2.75, 3.05) is 6.54 Å². The lowest BCUT2D eigenvalue weighted by molar-refractivity contribution is -0.145. The van der Waals surface area contributed by atoms with Crippen LogP contribution in [0.1, 0.15) is 81.1 Å². The maximum atomic E-state index is 13.9. The molecule has 1 unspecified atom stereocenters. The second kappa shape index (κ2) is 9.91. The largest absolute Gasteiger partial charge is 0.363 e. The Kier molecular flexibility index (Phi) is 7.74. The Labute approximate surface area is 220 Å². The molecule has 10 nitrogen and oxygen atoms in total. The first-order chi connectivity index (χ1) is 16.8. The fourth-order valence-electron chi connectivity index (χ4n) is 5.86. The molecule has 3 aliphatic rings. The van der Waals surface area contributed by atoms with Crippen LogP contribution in [0.4, 0.5) is 4.79 Å². The number of fused-ring (bicyclic) bond motifs is 1. The Hall–Kier alpha value is -2.65. The molecule has 1 saturated heterocycles. The van der Waals surface area contributed by atoms with Crippen molar-refractivity contribution >= 4 is 29.5 Å². The van der Waals surface area contributed by atoms with Crippen molar-refractivity contribution in [3.63, 3.8) is 0 Å². The molecule has 37 heavy (non-hydrogen) atoms. The van der Waals surface area contributed by atoms with Crippen LogP contribution in [0.3, 0.4) is 0 Å². The van der Waals surface area contributed by atoms with Crippen molar-refractivity contribution in [3.05, 3.63) is 0 Å². The number of hydrogen-bond acceptors (Lipinski definition) is 5. The summed E-state index contributed by atoms with van der Waals surface area (Å²) in [6.07, 6.45) is 3.31. The lowest BCUT2D eigenvalue weighted by Crippen LogP contribution is -2.62. The number of nitrogens with one attached hydrogen (secondary N) is 3. The molecule has 0 aromatic carbocycles. The van der Waals surface area contributed by atoms with Crippen LogP contribution in [0.15, 0.2) is 0 Å². The maximum Gasteiger partial charge on any atom is 0.315 e. The van der Waals surface area contributed by atoms with Crippen LogP contribution in [0.5, 0.6) is 0 Å². The number of amides is 5. The lowest BCUT2D eigenvalue weighted by Gasteiger charge is -2.38. The molecule has 208 valence electrons. The second-order valence-corrected chi connectivity index (χ2v) is 13.9. The minimum Gasteiger partial charge on any atom is -0.363 e. The minimum absolute atomic E-state index is 0.0755. The van der Waals surface area contributed by atoms with Gasteiger partial charge in [0.1, 0.15) is 12.1 Å². The number of carbonyl (C=O) groups is 5. The van der Waals surface area contributed by atoms with Gasteiger partial charge in [-0.05, 0) is 55.8 Å². The summed E-state index contributed by atoms with van der Waals surface area (Å²) in [5.41, 5.74) is 4.04. The fourth-order valence-corrected chi connectivity index (χ4v) is 5.86. The van der Waals surface area contributed by atoms with Crippen molar-refractivity contribution in [2.24, 2.45) is 34.3 Å². The van der Waals surface area contributed by atoms with Gasteiger partial charge in [0.05, 0.1) is 6.04 Å². The first kappa shape index (κ1) is 28.9. The lowest BCUT2D eigenvalue weighted by atomic mass is 9.80. The Morgan fingerprint density at radius 1 is 1.00 bits per heavy atom. The van der Waals surface area contributed by atoms with Gasteiger partial charge in [-0.3, -0.25) is 19.2 Å². The summed E-state index contributed by atoms with van der Waals surface area (Å²) in [5, 5.41) is 8.44. The molecule has 5 N–H and O–H groups in total. The van der Waals surface area contributed by atoms with Crippen molar-refractivity contribution in [3.8, 4) is 0 Å². The molecule has 1 aliphatic heterocycles. The van der Waals surface area contributed by atoms with E-state index in [1.165, 1.54) is 0 Å². The standard InChI is InChI=1S/C27H45N5O5/c1-25(2,3)20(30-24(37)31-26(4,5)6)23(36)32-13-15-17(27(15,7)8)18(32)22(35)29-16(19(33)21(28)34)12-14-10-9-11-14/h14-18,20H,9-13H2,1-8H3,(H2,28,34)(H,29,35)(H2,30,31,37)/t15-,16?,17-,18-,20+/m1/s1. The van der Waals surface area contributed by atoms with Crippen LogP contribution in [0.2, 0.25) is 0 Å². The van der Waals surface area contributed by atoms with Gasteiger partial charge >= 0.3 is 6.03 Å². The molecule has 0 spiro atoms. The van der Waals surface area contributed by atoms with Gasteiger partial charge in [-0.15, -0.1) is 0 Å². The van der Waals surface area contributed by atoms with Gasteiger partial charge in [0.25, 0.3) is 5.91 Å². The molecule has 0 bridgehead atoms. The Bertz CT molecular complexity index is 959. The summed E-state index contributed by atoms with van der Waals surface area (Å²) in [7, 11) is 0. The van der Waals surface area contributed by atoms with Gasteiger partial charge in [-0.25, -0.2) is 4.79 Å². The zero-order valence-electron chi connectivity index (χ0n) is 23.6. The monoisotopic (exact) mass is 519 g/mol. The van der Waals surface area contributed by atoms with E-state index in [0.717, 1.165) is 19.3 Å². The van der Waals surface area contributed by atoms with Gasteiger partial charge < -0.3 is 26.6 Å². The molecular formula is C27H45N5O5. The zero-order chi connectivity index (χ0) is 28.1. The number of urea groups is 1. The SMILES string of the molecule is CC(C)(C)NC(=O)N[C@@H](C(=O)N1C[C@@H]2[C@H]([C@@H]1C(=O)NC(CC1CCC1)C(=O)C(N)=O)C2(C)C)C(C)(C)C. The van der Waals surface area contributed by atoms with E-state index in [-0.39, 0.29) is 29.1 Å². The number of nitrogens with zero attached hydrogens (tertiary/aromatic N) is 1. The first-order valence-corrected chi connectivity index (χ1v) is 13.4. The van der Waals surface area contributed by atoms with Crippen molar-refractivity contribution in [2.45, 2.75) is 105 Å². The smallest absolute Gasteiger partial charge is 0.315 e. The van der Waals surface area contributed by atoms with Crippen LogP contribution in [0.25, 0.3) is 0 Å². The van der Waals surface area contributed by atoms with E-state index in [2.05, 4.69) is 29.8 Å². The predicted octanol–water partition coefficient (Wildman–Crippen LogP) is 1.71. The van der Waals surface area contributed by atoms with Crippen LogP contribution >= 0.6 is 0 Å². The van der Waals surface area contributed by atoms with Crippen molar-refractivity contribution in [1.82, 2.24) is 20.9 Å². The molecule has 1 heterocycles.